The Kier molecular flexibility index (Phi) is 4.98. The molecule has 6 heteroatoms. The van der Waals surface area contributed by atoms with Crippen LogP contribution in [0.1, 0.15) is 34.0 Å². The van der Waals surface area contributed by atoms with Crippen LogP contribution in [0, 0.1) is 13.8 Å². The van der Waals surface area contributed by atoms with Crippen molar-refractivity contribution in [3.05, 3.63) is 64.7 Å². The summed E-state index contributed by atoms with van der Waals surface area (Å²) >= 11 is 0. The van der Waals surface area contributed by atoms with Crippen molar-refractivity contribution >= 4 is 17.7 Å². The standard InChI is InChI=1S/C22H24N2O4/c1-14-11-17(19(28-5)12-15(14)2)22(3)20(26)24(21(27)23(22)4)13-18(25)16-9-7-6-8-10-16/h6-12H,13H2,1-5H3. The summed E-state index contributed by atoms with van der Waals surface area (Å²) in [6.07, 6.45) is 0. The van der Waals surface area contributed by atoms with E-state index in [0.29, 0.717) is 16.9 Å². The average molecular weight is 380 g/mol. The second-order valence-corrected chi connectivity index (χ2v) is 7.23. The van der Waals surface area contributed by atoms with E-state index in [9.17, 15) is 14.4 Å². The Morgan fingerprint density at radius 3 is 2.29 bits per heavy atom. The summed E-state index contributed by atoms with van der Waals surface area (Å²) in [5.41, 5.74) is 1.83. The summed E-state index contributed by atoms with van der Waals surface area (Å²) in [7, 11) is 3.11. The molecule has 1 aliphatic rings. The zero-order valence-corrected chi connectivity index (χ0v) is 16.8. The Hall–Kier alpha value is -3.15. The van der Waals surface area contributed by atoms with Crippen LogP contribution in [0.15, 0.2) is 42.5 Å². The van der Waals surface area contributed by atoms with E-state index in [1.54, 1.807) is 44.3 Å². The lowest BCUT2D eigenvalue weighted by molar-refractivity contribution is -0.132. The van der Waals surface area contributed by atoms with Crippen LogP contribution in [0.5, 0.6) is 5.75 Å². The van der Waals surface area contributed by atoms with Crippen molar-refractivity contribution < 1.29 is 19.1 Å². The first-order chi connectivity index (χ1) is 13.2. The molecule has 0 N–H and O–H groups in total. The fourth-order valence-electron chi connectivity index (χ4n) is 3.50. The molecule has 146 valence electrons. The molecule has 3 rings (SSSR count). The summed E-state index contributed by atoms with van der Waals surface area (Å²) in [6.45, 7) is 5.29. The lowest BCUT2D eigenvalue weighted by Crippen LogP contribution is -2.42. The number of nitrogens with zero attached hydrogens (tertiary/aromatic N) is 2. The maximum Gasteiger partial charge on any atom is 0.328 e. The molecule has 0 aromatic heterocycles. The Balaban J connectivity index is 2.00. The van der Waals surface area contributed by atoms with Gasteiger partial charge in [-0.1, -0.05) is 30.3 Å². The van der Waals surface area contributed by atoms with Gasteiger partial charge in [0.1, 0.15) is 11.3 Å². The molecule has 1 atom stereocenters. The van der Waals surface area contributed by atoms with Crippen LogP contribution >= 0.6 is 0 Å². The molecule has 1 heterocycles. The molecule has 0 spiro atoms. The van der Waals surface area contributed by atoms with Gasteiger partial charge in [0.15, 0.2) is 5.78 Å². The smallest absolute Gasteiger partial charge is 0.328 e. The van der Waals surface area contributed by atoms with Crippen LogP contribution in [-0.4, -0.2) is 48.2 Å². The topological polar surface area (TPSA) is 66.9 Å². The van der Waals surface area contributed by atoms with Crippen molar-refractivity contribution in [2.24, 2.45) is 0 Å². The predicted octanol–water partition coefficient (Wildman–Crippen LogP) is 3.30. The molecule has 0 bridgehead atoms. The van der Waals surface area contributed by atoms with Gasteiger partial charge in [-0.05, 0) is 44.0 Å². The fourth-order valence-corrected chi connectivity index (χ4v) is 3.50. The van der Waals surface area contributed by atoms with E-state index in [4.69, 9.17) is 4.74 Å². The average Bonchev–Trinajstić information content (AvgIpc) is 2.86. The summed E-state index contributed by atoms with van der Waals surface area (Å²) < 4.78 is 5.50. The van der Waals surface area contributed by atoms with E-state index in [0.717, 1.165) is 16.0 Å². The molecule has 0 aliphatic carbocycles. The molecule has 2 aromatic rings. The molecule has 1 fully saturated rings. The third-order valence-corrected chi connectivity index (χ3v) is 5.59. The quantitative estimate of drug-likeness (QED) is 0.590. The number of amides is 3. The Bertz CT molecular complexity index is 955. The molecule has 1 aliphatic heterocycles. The largest absolute Gasteiger partial charge is 0.496 e. The number of hydrogen-bond acceptors (Lipinski definition) is 4. The zero-order chi connectivity index (χ0) is 20.6. The third kappa shape index (κ3) is 2.95. The van der Waals surface area contributed by atoms with E-state index in [2.05, 4.69) is 0 Å². The van der Waals surface area contributed by atoms with Crippen molar-refractivity contribution in [1.29, 1.82) is 0 Å². The van der Waals surface area contributed by atoms with Gasteiger partial charge in [0.05, 0.1) is 13.7 Å². The molecule has 6 nitrogen and oxygen atoms in total. The highest BCUT2D eigenvalue weighted by molar-refractivity contribution is 6.11. The van der Waals surface area contributed by atoms with E-state index in [1.165, 1.54) is 12.0 Å². The summed E-state index contributed by atoms with van der Waals surface area (Å²) in [5.74, 6) is -0.187. The normalized spacial score (nSPS) is 19.3. The van der Waals surface area contributed by atoms with Crippen molar-refractivity contribution in [2.45, 2.75) is 26.3 Å². The summed E-state index contributed by atoms with van der Waals surface area (Å²) in [6, 6.07) is 11.9. The lowest BCUT2D eigenvalue weighted by Gasteiger charge is -2.31. The van der Waals surface area contributed by atoms with Gasteiger partial charge < -0.3 is 9.64 Å². The van der Waals surface area contributed by atoms with Gasteiger partial charge in [-0.25, -0.2) is 4.79 Å². The number of likely N-dealkylation sites (N-methyl/N-ethyl adjacent to an activating group) is 1. The van der Waals surface area contributed by atoms with Gasteiger partial charge >= 0.3 is 6.03 Å². The van der Waals surface area contributed by atoms with Gasteiger partial charge in [0.2, 0.25) is 0 Å². The van der Waals surface area contributed by atoms with E-state index in [-0.39, 0.29) is 12.3 Å². The van der Waals surface area contributed by atoms with Gasteiger partial charge in [0, 0.05) is 18.2 Å². The lowest BCUT2D eigenvalue weighted by atomic mass is 9.87. The molecule has 3 amide bonds. The fraction of sp³-hybridized carbons (Fsp3) is 0.318. The molecule has 1 unspecified atom stereocenters. The van der Waals surface area contributed by atoms with Crippen molar-refractivity contribution in [2.75, 3.05) is 20.7 Å². The first-order valence-corrected chi connectivity index (χ1v) is 9.05. The number of methoxy groups -OCH3 is 1. The third-order valence-electron chi connectivity index (χ3n) is 5.59. The second-order valence-electron chi connectivity index (χ2n) is 7.23. The number of ether oxygens (including phenoxy) is 1. The minimum atomic E-state index is -1.25. The summed E-state index contributed by atoms with van der Waals surface area (Å²) in [4.78, 5) is 41.2. The molecule has 0 radical (unpaired) electrons. The van der Waals surface area contributed by atoms with Crippen LogP contribution < -0.4 is 4.74 Å². The predicted molar refractivity (Wildman–Crippen MR) is 105 cm³/mol. The number of carbonyl (C=O) groups excluding carboxylic acids is 3. The number of hydrogen-bond donors (Lipinski definition) is 0. The monoisotopic (exact) mass is 380 g/mol. The van der Waals surface area contributed by atoms with Gasteiger partial charge in [-0.2, -0.15) is 0 Å². The van der Waals surface area contributed by atoms with Gasteiger partial charge in [-0.3, -0.25) is 14.5 Å². The highest BCUT2D eigenvalue weighted by Gasteiger charge is 2.55. The van der Waals surface area contributed by atoms with E-state index in [1.807, 2.05) is 26.0 Å². The number of ketones is 1. The van der Waals surface area contributed by atoms with Crippen LogP contribution in [0.3, 0.4) is 0 Å². The number of carbonyl (C=O) groups is 3. The SMILES string of the molecule is COc1cc(C)c(C)cc1C1(C)C(=O)N(CC(=O)c2ccccc2)C(=O)N1C. The molecule has 28 heavy (non-hydrogen) atoms. The van der Waals surface area contributed by atoms with Crippen LogP contribution in [0.2, 0.25) is 0 Å². The Labute approximate surface area is 164 Å². The highest BCUT2D eigenvalue weighted by Crippen LogP contribution is 2.41. The van der Waals surface area contributed by atoms with Crippen LogP contribution in [0.25, 0.3) is 0 Å². The van der Waals surface area contributed by atoms with Crippen molar-refractivity contribution in [3.8, 4) is 5.75 Å². The molecule has 0 saturated carbocycles. The molecular weight excluding hydrogens is 356 g/mol. The second kappa shape index (κ2) is 7.11. The Morgan fingerprint density at radius 1 is 1.07 bits per heavy atom. The van der Waals surface area contributed by atoms with Crippen molar-refractivity contribution in [1.82, 2.24) is 9.80 Å². The van der Waals surface area contributed by atoms with Gasteiger partial charge in [0.25, 0.3) is 5.91 Å². The van der Waals surface area contributed by atoms with E-state index < -0.39 is 17.5 Å². The minimum Gasteiger partial charge on any atom is -0.496 e. The highest BCUT2D eigenvalue weighted by atomic mass is 16.5. The number of rotatable bonds is 5. The van der Waals surface area contributed by atoms with Crippen LogP contribution in [-0.2, 0) is 10.3 Å². The summed E-state index contributed by atoms with van der Waals surface area (Å²) in [5, 5.41) is 0. The first kappa shape index (κ1) is 19.6. The minimum absolute atomic E-state index is 0.285. The maximum absolute atomic E-state index is 13.3. The molecule has 1 saturated heterocycles. The maximum atomic E-state index is 13.3. The van der Waals surface area contributed by atoms with Crippen molar-refractivity contribution in [3.63, 3.8) is 0 Å². The number of Topliss-reactive ketones (excluding diaryl/α,β-unsaturated/α-hetero) is 1. The zero-order valence-electron chi connectivity index (χ0n) is 16.8. The number of aryl methyl sites for hydroxylation is 2. The van der Waals surface area contributed by atoms with Crippen LogP contribution in [0.4, 0.5) is 4.79 Å². The number of imide groups is 1. The first-order valence-electron chi connectivity index (χ1n) is 9.05. The number of urea groups is 1. The number of benzene rings is 2. The van der Waals surface area contributed by atoms with Gasteiger partial charge in [-0.15, -0.1) is 0 Å². The molecule has 2 aromatic carbocycles. The molecular formula is C22H24N2O4. The Morgan fingerprint density at radius 2 is 1.68 bits per heavy atom. The van der Waals surface area contributed by atoms with E-state index >= 15 is 0 Å².